The zero-order valence-electron chi connectivity index (χ0n) is 19.0. The molecule has 33 heavy (non-hydrogen) atoms. The summed E-state index contributed by atoms with van der Waals surface area (Å²) in [6.07, 6.45) is 6.56. The molecule has 1 amide bonds. The highest BCUT2D eigenvalue weighted by molar-refractivity contribution is 5.80. The van der Waals surface area contributed by atoms with Crippen molar-refractivity contribution in [3.8, 4) is 17.0 Å². The van der Waals surface area contributed by atoms with Crippen LogP contribution in [0.4, 0.5) is 15.0 Å². The van der Waals surface area contributed by atoms with E-state index in [1.54, 1.807) is 17.3 Å². The van der Waals surface area contributed by atoms with Crippen LogP contribution < -0.4 is 9.64 Å². The van der Waals surface area contributed by atoms with Gasteiger partial charge in [0.15, 0.2) is 17.3 Å². The van der Waals surface area contributed by atoms with Gasteiger partial charge in [0.2, 0.25) is 5.88 Å². The average Bonchev–Trinajstić information content (AvgIpc) is 3.50. The first kappa shape index (κ1) is 21.4. The molecular weight excluding hydrogens is 427 g/mol. The van der Waals surface area contributed by atoms with Gasteiger partial charge in [-0.05, 0) is 45.7 Å². The van der Waals surface area contributed by atoms with Gasteiger partial charge in [0.1, 0.15) is 11.7 Å². The molecule has 2 fully saturated rings. The number of amides is 1. The standard InChI is InChI=1S/C23H27FN6O3/c1-23(2,3)33-22(31)29-11-9-28(10-12-29)20-18(24)14-30-19(27-20)17(13-26-30)16-5-4-8-25-21(16)32-15-6-7-15/h4-5,8,13-15H,6-7,9-12H2,1-3H3. The largest absolute Gasteiger partial charge is 0.474 e. The van der Waals surface area contributed by atoms with Crippen LogP contribution in [0.2, 0.25) is 0 Å². The Balaban J connectivity index is 1.40. The first-order valence-corrected chi connectivity index (χ1v) is 11.2. The summed E-state index contributed by atoms with van der Waals surface area (Å²) in [5.41, 5.74) is 1.47. The number of hydrogen-bond acceptors (Lipinski definition) is 7. The van der Waals surface area contributed by atoms with Crippen LogP contribution in [0.15, 0.2) is 30.7 Å². The van der Waals surface area contributed by atoms with Gasteiger partial charge in [0.05, 0.1) is 18.0 Å². The second kappa shape index (κ2) is 8.17. The summed E-state index contributed by atoms with van der Waals surface area (Å²) < 4.78 is 27.8. The third-order valence-electron chi connectivity index (χ3n) is 5.53. The van der Waals surface area contributed by atoms with Crippen molar-refractivity contribution in [3.63, 3.8) is 0 Å². The monoisotopic (exact) mass is 454 g/mol. The van der Waals surface area contributed by atoms with E-state index in [0.29, 0.717) is 37.7 Å². The fourth-order valence-electron chi connectivity index (χ4n) is 3.75. The summed E-state index contributed by atoms with van der Waals surface area (Å²) in [5.74, 6) is 0.304. The maximum absolute atomic E-state index is 14.9. The van der Waals surface area contributed by atoms with Crippen molar-refractivity contribution in [1.29, 1.82) is 0 Å². The number of piperazine rings is 1. The Kier molecular flexibility index (Phi) is 5.30. The Bertz CT molecular complexity index is 1180. The van der Waals surface area contributed by atoms with Gasteiger partial charge in [-0.2, -0.15) is 5.10 Å². The molecule has 0 spiro atoms. The molecule has 0 atom stereocenters. The van der Waals surface area contributed by atoms with Crippen molar-refractivity contribution in [2.75, 3.05) is 31.1 Å². The Labute approximate surface area is 191 Å². The molecule has 1 aliphatic carbocycles. The molecule has 0 unspecified atom stereocenters. The van der Waals surface area contributed by atoms with E-state index in [1.165, 1.54) is 10.7 Å². The number of pyridine rings is 1. The van der Waals surface area contributed by atoms with Crippen LogP contribution in [0.3, 0.4) is 0 Å². The van der Waals surface area contributed by atoms with Crippen LogP contribution in [0.25, 0.3) is 16.8 Å². The minimum absolute atomic E-state index is 0.197. The van der Waals surface area contributed by atoms with Gasteiger partial charge in [-0.1, -0.05) is 0 Å². The molecule has 0 radical (unpaired) electrons. The van der Waals surface area contributed by atoms with Crippen molar-refractivity contribution in [2.45, 2.75) is 45.3 Å². The van der Waals surface area contributed by atoms with E-state index in [9.17, 15) is 9.18 Å². The van der Waals surface area contributed by atoms with Crippen LogP contribution in [-0.2, 0) is 4.74 Å². The molecule has 10 heteroatoms. The van der Waals surface area contributed by atoms with E-state index < -0.39 is 11.4 Å². The number of ether oxygens (including phenoxy) is 2. The van der Waals surface area contributed by atoms with Crippen molar-refractivity contribution < 1.29 is 18.7 Å². The molecule has 1 saturated carbocycles. The van der Waals surface area contributed by atoms with E-state index in [1.807, 2.05) is 37.8 Å². The summed E-state index contributed by atoms with van der Waals surface area (Å²) >= 11 is 0. The van der Waals surface area contributed by atoms with E-state index in [4.69, 9.17) is 9.47 Å². The lowest BCUT2D eigenvalue weighted by Crippen LogP contribution is -2.50. The molecule has 174 valence electrons. The van der Waals surface area contributed by atoms with Gasteiger partial charge in [0, 0.05) is 37.9 Å². The molecule has 5 rings (SSSR count). The number of carbonyl (C=O) groups is 1. The zero-order chi connectivity index (χ0) is 23.2. The minimum atomic E-state index is -0.556. The Morgan fingerprint density at radius 3 is 2.61 bits per heavy atom. The summed E-state index contributed by atoms with van der Waals surface area (Å²) in [6.45, 7) is 7.26. The van der Waals surface area contributed by atoms with E-state index >= 15 is 0 Å². The van der Waals surface area contributed by atoms with Crippen molar-refractivity contribution in [2.24, 2.45) is 0 Å². The first-order chi connectivity index (χ1) is 15.8. The minimum Gasteiger partial charge on any atom is -0.474 e. The molecule has 1 saturated heterocycles. The predicted octanol–water partition coefficient (Wildman–Crippen LogP) is 3.53. The van der Waals surface area contributed by atoms with Crippen molar-refractivity contribution in [1.82, 2.24) is 24.5 Å². The number of rotatable bonds is 4. The number of fused-ring (bicyclic) bond motifs is 1. The first-order valence-electron chi connectivity index (χ1n) is 11.2. The number of nitrogens with zero attached hydrogens (tertiary/aromatic N) is 6. The molecule has 0 aromatic carbocycles. The zero-order valence-corrected chi connectivity index (χ0v) is 19.0. The third kappa shape index (κ3) is 4.55. The van der Waals surface area contributed by atoms with E-state index in [2.05, 4.69) is 15.1 Å². The highest BCUT2D eigenvalue weighted by Crippen LogP contribution is 2.35. The lowest BCUT2D eigenvalue weighted by atomic mass is 10.1. The Hall–Kier alpha value is -3.43. The fourth-order valence-corrected chi connectivity index (χ4v) is 3.75. The molecule has 2 aliphatic rings. The SMILES string of the molecule is CC(C)(C)OC(=O)N1CCN(c2nc3c(-c4cccnc4OC4CC4)cnn3cc2F)CC1. The van der Waals surface area contributed by atoms with Crippen molar-refractivity contribution >= 4 is 17.6 Å². The van der Waals surface area contributed by atoms with Gasteiger partial charge in [-0.3, -0.25) is 0 Å². The number of hydrogen-bond donors (Lipinski definition) is 0. The van der Waals surface area contributed by atoms with E-state index in [0.717, 1.165) is 24.0 Å². The maximum atomic E-state index is 14.9. The second-order valence-corrected chi connectivity index (χ2v) is 9.37. The Morgan fingerprint density at radius 1 is 1.15 bits per heavy atom. The van der Waals surface area contributed by atoms with Gasteiger partial charge < -0.3 is 19.3 Å². The summed E-state index contributed by atoms with van der Waals surface area (Å²) in [6, 6.07) is 3.74. The van der Waals surface area contributed by atoms with Crippen LogP contribution in [-0.4, -0.2) is 68.5 Å². The van der Waals surface area contributed by atoms with Crippen LogP contribution in [0.5, 0.6) is 5.88 Å². The number of halogens is 1. The maximum Gasteiger partial charge on any atom is 0.410 e. The smallest absolute Gasteiger partial charge is 0.410 e. The molecule has 3 aromatic rings. The van der Waals surface area contributed by atoms with E-state index in [-0.39, 0.29) is 18.0 Å². The molecule has 4 heterocycles. The predicted molar refractivity (Wildman–Crippen MR) is 120 cm³/mol. The van der Waals surface area contributed by atoms with Gasteiger partial charge in [-0.25, -0.2) is 23.7 Å². The highest BCUT2D eigenvalue weighted by Gasteiger charge is 2.29. The normalized spacial score (nSPS) is 16.8. The van der Waals surface area contributed by atoms with Gasteiger partial charge in [0.25, 0.3) is 0 Å². The number of anilines is 1. The second-order valence-electron chi connectivity index (χ2n) is 9.37. The summed E-state index contributed by atoms with van der Waals surface area (Å²) in [7, 11) is 0. The quantitative estimate of drug-likeness (QED) is 0.596. The van der Waals surface area contributed by atoms with Crippen LogP contribution in [0.1, 0.15) is 33.6 Å². The Morgan fingerprint density at radius 2 is 1.91 bits per heavy atom. The lowest BCUT2D eigenvalue weighted by Gasteiger charge is -2.36. The molecule has 1 aliphatic heterocycles. The average molecular weight is 455 g/mol. The van der Waals surface area contributed by atoms with Crippen LogP contribution in [0, 0.1) is 5.82 Å². The summed E-state index contributed by atoms with van der Waals surface area (Å²) in [4.78, 5) is 24.8. The van der Waals surface area contributed by atoms with Gasteiger partial charge >= 0.3 is 6.09 Å². The molecule has 0 bridgehead atoms. The number of carbonyl (C=O) groups excluding carboxylic acids is 1. The number of aromatic nitrogens is 4. The third-order valence-corrected chi connectivity index (χ3v) is 5.53. The molecule has 0 N–H and O–H groups in total. The topological polar surface area (TPSA) is 85.1 Å². The molecule has 3 aromatic heterocycles. The van der Waals surface area contributed by atoms with Crippen molar-refractivity contribution in [3.05, 3.63) is 36.5 Å². The molecule has 9 nitrogen and oxygen atoms in total. The fraction of sp³-hybridized carbons (Fsp3) is 0.478. The molecular formula is C23H27FN6O3. The summed E-state index contributed by atoms with van der Waals surface area (Å²) in [5, 5.41) is 4.29. The highest BCUT2D eigenvalue weighted by atomic mass is 19.1. The lowest BCUT2D eigenvalue weighted by molar-refractivity contribution is 0.0240. The van der Waals surface area contributed by atoms with Gasteiger partial charge in [-0.15, -0.1) is 0 Å². The van der Waals surface area contributed by atoms with Crippen LogP contribution >= 0.6 is 0 Å².